The van der Waals surface area contributed by atoms with E-state index in [1.165, 1.54) is 10.6 Å². The van der Waals surface area contributed by atoms with Gasteiger partial charge in [0.25, 0.3) is 5.91 Å². The number of piperazine rings is 1. The van der Waals surface area contributed by atoms with Crippen LogP contribution in [0.25, 0.3) is 10.8 Å². The van der Waals surface area contributed by atoms with Crippen molar-refractivity contribution >= 4 is 55.6 Å². The Labute approximate surface area is 268 Å². The molecule has 1 saturated carbocycles. The van der Waals surface area contributed by atoms with Gasteiger partial charge in [-0.25, -0.2) is 8.42 Å². The molecule has 2 fully saturated rings. The highest BCUT2D eigenvalue weighted by Gasteiger charge is 2.33. The summed E-state index contributed by atoms with van der Waals surface area (Å²) in [5, 5.41) is 5.36. The van der Waals surface area contributed by atoms with Crippen LogP contribution >= 0.6 is 11.6 Å². The molecule has 11 heteroatoms. The monoisotopic (exact) mass is 645 g/mol. The molecule has 0 radical (unpaired) electrons. The van der Waals surface area contributed by atoms with Crippen LogP contribution in [0.1, 0.15) is 28.9 Å². The Morgan fingerprint density at radius 3 is 2.31 bits per heavy atom. The zero-order valence-electron chi connectivity index (χ0n) is 25.1. The predicted molar refractivity (Wildman–Crippen MR) is 178 cm³/mol. The number of nitrogens with one attached hydrogen (secondary N) is 1. The first kappa shape index (κ1) is 30.9. The summed E-state index contributed by atoms with van der Waals surface area (Å²) in [5.41, 5.74) is 2.62. The Hall–Kier alpha value is -4.15. The summed E-state index contributed by atoms with van der Waals surface area (Å²) in [6.07, 6.45) is 5.29. The summed E-state index contributed by atoms with van der Waals surface area (Å²) in [5.74, 6) is -0.212. The topological polar surface area (TPSA) is 103 Å². The molecule has 3 aromatic carbocycles. The van der Waals surface area contributed by atoms with E-state index in [9.17, 15) is 18.0 Å². The van der Waals surface area contributed by atoms with Gasteiger partial charge in [0.2, 0.25) is 15.9 Å². The molecule has 1 N–H and O–H groups in total. The molecule has 1 atom stereocenters. The molecule has 2 heterocycles. The maximum atomic E-state index is 14.0. The first-order chi connectivity index (χ1) is 21.7. The van der Waals surface area contributed by atoms with Gasteiger partial charge in [-0.3, -0.25) is 18.9 Å². The Morgan fingerprint density at radius 2 is 1.62 bits per heavy atom. The van der Waals surface area contributed by atoms with Crippen molar-refractivity contribution in [1.82, 2.24) is 15.2 Å². The summed E-state index contributed by atoms with van der Waals surface area (Å²) >= 11 is 6.10. The maximum absolute atomic E-state index is 14.0. The van der Waals surface area contributed by atoms with Gasteiger partial charge >= 0.3 is 0 Å². The SMILES string of the molecule is CS(=O)(=O)N(CC1CC1)c1ccccc1N1CCN(C(=O)[C@@H](Cc2ccc(Cl)cc2)NC(=O)c2cc3ccccc3cn2)CC1. The van der Waals surface area contributed by atoms with E-state index in [2.05, 4.69) is 15.2 Å². The summed E-state index contributed by atoms with van der Waals surface area (Å²) in [4.78, 5) is 35.6. The van der Waals surface area contributed by atoms with Gasteiger partial charge in [-0.1, -0.05) is 60.1 Å². The average Bonchev–Trinajstić information content (AvgIpc) is 3.88. The second-order valence-electron chi connectivity index (χ2n) is 11.8. The van der Waals surface area contributed by atoms with Crippen LogP contribution < -0.4 is 14.5 Å². The van der Waals surface area contributed by atoms with Gasteiger partial charge in [0.1, 0.15) is 11.7 Å². The van der Waals surface area contributed by atoms with Gasteiger partial charge in [0, 0.05) is 55.8 Å². The number of benzene rings is 3. The van der Waals surface area contributed by atoms with Crippen molar-refractivity contribution in [3.63, 3.8) is 0 Å². The van der Waals surface area contributed by atoms with Gasteiger partial charge in [0.05, 0.1) is 17.6 Å². The van der Waals surface area contributed by atoms with E-state index < -0.39 is 22.0 Å². The molecule has 1 aromatic heterocycles. The number of halogens is 1. The standard InChI is InChI=1S/C34H36ClN5O4S/c1-45(43,44)40(23-25-10-11-25)32-9-5-4-8-31(32)38-16-18-39(19-17-38)34(42)30(20-24-12-14-28(35)15-13-24)37-33(41)29-21-26-6-2-3-7-27(26)22-36-29/h2-9,12-15,21-22,25,30H,10-11,16-20,23H2,1H3,(H,37,41)/t30-/m1/s1. The first-order valence-corrected chi connectivity index (χ1v) is 17.4. The molecule has 2 amide bonds. The first-order valence-electron chi connectivity index (χ1n) is 15.2. The van der Waals surface area contributed by atoms with Crippen molar-refractivity contribution in [3.8, 4) is 0 Å². The van der Waals surface area contributed by atoms with E-state index in [1.54, 1.807) is 29.3 Å². The third-order valence-corrected chi connectivity index (χ3v) is 9.82. The van der Waals surface area contributed by atoms with Crippen LogP contribution in [0, 0.1) is 5.92 Å². The molecule has 234 valence electrons. The third-order valence-electron chi connectivity index (χ3n) is 8.42. The fourth-order valence-corrected chi connectivity index (χ4v) is 6.89. The highest BCUT2D eigenvalue weighted by atomic mass is 35.5. The van der Waals surface area contributed by atoms with E-state index in [0.29, 0.717) is 55.8 Å². The van der Waals surface area contributed by atoms with Crippen LogP contribution in [-0.4, -0.2) is 75.1 Å². The molecule has 0 bridgehead atoms. The molecule has 0 unspecified atom stereocenters. The van der Waals surface area contributed by atoms with Crippen LogP contribution in [0.4, 0.5) is 11.4 Å². The lowest BCUT2D eigenvalue weighted by molar-refractivity contribution is -0.133. The molecule has 1 aliphatic heterocycles. The number of para-hydroxylation sites is 2. The summed E-state index contributed by atoms with van der Waals surface area (Å²) < 4.78 is 27.1. The number of sulfonamides is 1. The van der Waals surface area contributed by atoms with Crippen molar-refractivity contribution < 1.29 is 18.0 Å². The van der Waals surface area contributed by atoms with Crippen molar-refractivity contribution in [3.05, 3.63) is 101 Å². The van der Waals surface area contributed by atoms with Crippen LogP contribution in [0.15, 0.2) is 85.1 Å². The van der Waals surface area contributed by atoms with Gasteiger partial charge in [-0.2, -0.15) is 0 Å². The Bertz CT molecular complexity index is 1810. The third kappa shape index (κ3) is 7.40. The average molecular weight is 646 g/mol. The van der Waals surface area contributed by atoms with E-state index in [-0.39, 0.29) is 11.6 Å². The van der Waals surface area contributed by atoms with Gasteiger partial charge < -0.3 is 15.1 Å². The van der Waals surface area contributed by atoms with Gasteiger partial charge in [-0.05, 0) is 60.0 Å². The van der Waals surface area contributed by atoms with Crippen molar-refractivity contribution in [1.29, 1.82) is 0 Å². The minimum Gasteiger partial charge on any atom is -0.366 e. The Kier molecular flexibility index (Phi) is 8.96. The van der Waals surface area contributed by atoms with E-state index >= 15 is 0 Å². The minimum atomic E-state index is -3.46. The second kappa shape index (κ2) is 13.1. The zero-order chi connectivity index (χ0) is 31.6. The smallest absolute Gasteiger partial charge is 0.270 e. The van der Waals surface area contributed by atoms with E-state index in [1.807, 2.05) is 60.7 Å². The lowest BCUT2D eigenvalue weighted by Gasteiger charge is -2.39. The molecule has 0 spiro atoms. The summed E-state index contributed by atoms with van der Waals surface area (Å²) in [6, 6.07) is 23.4. The Balaban J connectivity index is 1.19. The minimum absolute atomic E-state index is 0.182. The van der Waals surface area contributed by atoms with Crippen LogP contribution in [0.2, 0.25) is 5.02 Å². The molecule has 6 rings (SSSR count). The lowest BCUT2D eigenvalue weighted by Crippen LogP contribution is -2.55. The lowest BCUT2D eigenvalue weighted by atomic mass is 10.0. The van der Waals surface area contributed by atoms with Crippen LogP contribution in [0.3, 0.4) is 0 Å². The van der Waals surface area contributed by atoms with Crippen molar-refractivity contribution in [2.45, 2.75) is 25.3 Å². The number of carbonyl (C=O) groups is 2. The fraction of sp³-hybridized carbons (Fsp3) is 0.324. The number of hydrogen-bond donors (Lipinski definition) is 1. The van der Waals surface area contributed by atoms with Crippen molar-refractivity contribution in [2.75, 3.05) is 48.2 Å². The Morgan fingerprint density at radius 1 is 0.956 bits per heavy atom. The summed E-state index contributed by atoms with van der Waals surface area (Å²) in [7, 11) is -3.46. The van der Waals surface area contributed by atoms with E-state index in [4.69, 9.17) is 11.6 Å². The quantitative estimate of drug-likeness (QED) is 0.267. The van der Waals surface area contributed by atoms with Crippen molar-refractivity contribution in [2.24, 2.45) is 5.92 Å². The van der Waals surface area contributed by atoms with Gasteiger partial charge in [0.15, 0.2) is 0 Å². The largest absolute Gasteiger partial charge is 0.366 e. The fourth-order valence-electron chi connectivity index (χ4n) is 5.77. The molecular weight excluding hydrogens is 610 g/mol. The number of amides is 2. The summed E-state index contributed by atoms with van der Waals surface area (Å²) in [6.45, 7) is 2.38. The molecule has 1 saturated heterocycles. The molecule has 2 aliphatic rings. The highest BCUT2D eigenvalue weighted by Crippen LogP contribution is 2.37. The molecular formula is C34H36ClN5O4S. The number of pyridine rings is 1. The molecule has 45 heavy (non-hydrogen) atoms. The van der Waals surface area contributed by atoms with E-state index in [0.717, 1.165) is 34.9 Å². The predicted octanol–water partition coefficient (Wildman–Crippen LogP) is 4.75. The molecule has 1 aliphatic carbocycles. The number of aromatic nitrogens is 1. The normalized spacial score (nSPS) is 16.0. The zero-order valence-corrected chi connectivity index (χ0v) is 26.7. The number of carbonyl (C=O) groups excluding carboxylic acids is 2. The highest BCUT2D eigenvalue weighted by molar-refractivity contribution is 7.92. The number of anilines is 2. The number of rotatable bonds is 10. The second-order valence-corrected chi connectivity index (χ2v) is 14.2. The number of nitrogens with zero attached hydrogens (tertiary/aromatic N) is 4. The number of hydrogen-bond acceptors (Lipinski definition) is 6. The molecule has 9 nitrogen and oxygen atoms in total. The van der Waals surface area contributed by atoms with Gasteiger partial charge in [-0.15, -0.1) is 0 Å². The van der Waals surface area contributed by atoms with Crippen LogP contribution in [-0.2, 0) is 21.2 Å². The maximum Gasteiger partial charge on any atom is 0.270 e. The molecule has 4 aromatic rings. The van der Waals surface area contributed by atoms with Crippen LogP contribution in [0.5, 0.6) is 0 Å². The number of fused-ring (bicyclic) bond motifs is 1.